The second-order valence-corrected chi connectivity index (χ2v) is 4.92. The van der Waals surface area contributed by atoms with Gasteiger partial charge in [0.1, 0.15) is 5.76 Å². The van der Waals surface area contributed by atoms with E-state index in [1.165, 1.54) is 0 Å². The minimum absolute atomic E-state index is 0.203. The Morgan fingerprint density at radius 2 is 2.25 bits per heavy atom. The molecule has 0 unspecified atom stereocenters. The monoisotopic (exact) mass is 220 g/mol. The molecule has 0 amide bonds. The van der Waals surface area contributed by atoms with E-state index in [-0.39, 0.29) is 5.41 Å². The largest absolute Gasteiger partial charge is 0.468 e. The highest BCUT2D eigenvalue weighted by atomic mass is 16.3. The van der Waals surface area contributed by atoms with Gasteiger partial charge >= 0.3 is 0 Å². The van der Waals surface area contributed by atoms with Crippen molar-refractivity contribution < 1.29 is 4.42 Å². The van der Waals surface area contributed by atoms with Crippen molar-refractivity contribution in [3.8, 4) is 6.07 Å². The topological polar surface area (TPSA) is 40.2 Å². The molecule has 0 aliphatic rings. The zero-order chi connectivity index (χ0) is 12.0. The van der Waals surface area contributed by atoms with Crippen LogP contribution < -0.4 is 0 Å². The molecule has 0 saturated heterocycles. The van der Waals surface area contributed by atoms with Crippen molar-refractivity contribution >= 4 is 0 Å². The summed E-state index contributed by atoms with van der Waals surface area (Å²) in [7, 11) is 2.07. The SMILES string of the molecule is CN(CCCC(C)(C)C#N)Cc1ccco1. The van der Waals surface area contributed by atoms with Crippen LogP contribution in [0.5, 0.6) is 0 Å². The first kappa shape index (κ1) is 12.8. The van der Waals surface area contributed by atoms with Gasteiger partial charge in [-0.25, -0.2) is 0 Å². The Balaban J connectivity index is 2.21. The summed E-state index contributed by atoms with van der Waals surface area (Å²) in [5.74, 6) is 0.988. The molecule has 0 atom stereocenters. The number of furan rings is 1. The highest BCUT2D eigenvalue weighted by Gasteiger charge is 2.16. The van der Waals surface area contributed by atoms with Crippen LogP contribution in [0.1, 0.15) is 32.4 Å². The second kappa shape index (κ2) is 5.72. The molecule has 0 aliphatic carbocycles. The van der Waals surface area contributed by atoms with E-state index in [1.807, 2.05) is 26.0 Å². The summed E-state index contributed by atoms with van der Waals surface area (Å²) in [6, 6.07) is 6.21. The van der Waals surface area contributed by atoms with Crippen LogP contribution in [0, 0.1) is 16.7 Å². The molecule has 0 saturated carbocycles. The minimum atomic E-state index is -0.203. The Hall–Kier alpha value is -1.27. The lowest BCUT2D eigenvalue weighted by molar-refractivity contribution is 0.275. The van der Waals surface area contributed by atoms with Crippen LogP contribution in [-0.4, -0.2) is 18.5 Å². The van der Waals surface area contributed by atoms with E-state index in [4.69, 9.17) is 9.68 Å². The third-order valence-electron chi connectivity index (χ3n) is 2.65. The first-order valence-electron chi connectivity index (χ1n) is 5.66. The number of hydrogen-bond acceptors (Lipinski definition) is 3. The average molecular weight is 220 g/mol. The Labute approximate surface area is 97.7 Å². The third-order valence-corrected chi connectivity index (χ3v) is 2.65. The Bertz CT molecular complexity index is 335. The maximum absolute atomic E-state index is 8.89. The van der Waals surface area contributed by atoms with Gasteiger partial charge in [-0.15, -0.1) is 0 Å². The summed E-state index contributed by atoms with van der Waals surface area (Å²) in [6.45, 7) is 5.80. The molecule has 3 nitrogen and oxygen atoms in total. The van der Waals surface area contributed by atoms with E-state index < -0.39 is 0 Å². The van der Waals surface area contributed by atoms with Crippen molar-refractivity contribution in [3.63, 3.8) is 0 Å². The summed E-state index contributed by atoms with van der Waals surface area (Å²) in [5.41, 5.74) is -0.203. The summed E-state index contributed by atoms with van der Waals surface area (Å²) >= 11 is 0. The molecular formula is C13H20N2O. The van der Waals surface area contributed by atoms with Crippen molar-refractivity contribution in [2.24, 2.45) is 5.41 Å². The van der Waals surface area contributed by atoms with Gasteiger partial charge in [-0.05, 0) is 52.4 Å². The normalized spacial score (nSPS) is 11.7. The Kier molecular flexibility index (Phi) is 4.57. The second-order valence-electron chi connectivity index (χ2n) is 4.92. The number of rotatable bonds is 6. The molecule has 1 rings (SSSR count). The molecule has 0 aliphatic heterocycles. The average Bonchev–Trinajstić information content (AvgIpc) is 2.70. The third kappa shape index (κ3) is 4.50. The molecule has 88 valence electrons. The van der Waals surface area contributed by atoms with Gasteiger partial charge < -0.3 is 4.42 Å². The molecule has 0 aromatic carbocycles. The van der Waals surface area contributed by atoms with E-state index in [2.05, 4.69) is 18.0 Å². The van der Waals surface area contributed by atoms with Crippen LogP contribution in [0.4, 0.5) is 0 Å². The van der Waals surface area contributed by atoms with E-state index in [0.717, 1.165) is 31.7 Å². The van der Waals surface area contributed by atoms with E-state index in [1.54, 1.807) is 6.26 Å². The maximum atomic E-state index is 8.89. The molecule has 1 heterocycles. The minimum Gasteiger partial charge on any atom is -0.468 e. The Morgan fingerprint density at radius 3 is 2.81 bits per heavy atom. The molecule has 0 spiro atoms. The fourth-order valence-electron chi connectivity index (χ4n) is 1.59. The van der Waals surface area contributed by atoms with Crippen LogP contribution in [-0.2, 0) is 6.54 Å². The highest BCUT2D eigenvalue weighted by molar-refractivity contribution is 4.97. The van der Waals surface area contributed by atoms with Crippen molar-refractivity contribution in [2.45, 2.75) is 33.2 Å². The summed E-state index contributed by atoms with van der Waals surface area (Å²) in [6.07, 6.45) is 3.67. The molecule has 3 heteroatoms. The van der Waals surface area contributed by atoms with Crippen LogP contribution in [0.15, 0.2) is 22.8 Å². The Morgan fingerprint density at radius 1 is 1.50 bits per heavy atom. The smallest absolute Gasteiger partial charge is 0.117 e. The number of nitrogens with zero attached hydrogens (tertiary/aromatic N) is 2. The fraction of sp³-hybridized carbons (Fsp3) is 0.615. The molecule has 0 N–H and O–H groups in total. The van der Waals surface area contributed by atoms with Gasteiger partial charge in [0.05, 0.1) is 24.3 Å². The molecule has 0 radical (unpaired) electrons. The highest BCUT2D eigenvalue weighted by Crippen LogP contribution is 2.20. The lowest BCUT2D eigenvalue weighted by atomic mass is 9.90. The molecule has 16 heavy (non-hydrogen) atoms. The van der Waals surface area contributed by atoms with E-state index in [9.17, 15) is 0 Å². The summed E-state index contributed by atoms with van der Waals surface area (Å²) in [5, 5.41) is 8.89. The van der Waals surface area contributed by atoms with E-state index >= 15 is 0 Å². The van der Waals surface area contributed by atoms with Gasteiger partial charge in [-0.1, -0.05) is 0 Å². The van der Waals surface area contributed by atoms with Crippen LogP contribution in [0.3, 0.4) is 0 Å². The zero-order valence-electron chi connectivity index (χ0n) is 10.4. The molecular weight excluding hydrogens is 200 g/mol. The summed E-state index contributed by atoms with van der Waals surface area (Å²) < 4.78 is 5.28. The van der Waals surface area contributed by atoms with Gasteiger partial charge in [0.15, 0.2) is 0 Å². The lowest BCUT2D eigenvalue weighted by Gasteiger charge is -2.18. The molecule has 1 aromatic rings. The first-order valence-corrected chi connectivity index (χ1v) is 5.66. The first-order chi connectivity index (χ1) is 7.53. The van der Waals surface area contributed by atoms with Gasteiger partial charge in [-0.3, -0.25) is 4.90 Å². The van der Waals surface area contributed by atoms with Crippen molar-refractivity contribution in [1.29, 1.82) is 5.26 Å². The lowest BCUT2D eigenvalue weighted by Crippen LogP contribution is -2.20. The predicted molar refractivity (Wildman–Crippen MR) is 63.7 cm³/mol. The molecule has 1 aromatic heterocycles. The van der Waals surface area contributed by atoms with Gasteiger partial charge in [-0.2, -0.15) is 5.26 Å². The summed E-state index contributed by atoms with van der Waals surface area (Å²) in [4.78, 5) is 2.21. The van der Waals surface area contributed by atoms with Crippen molar-refractivity contribution in [1.82, 2.24) is 4.90 Å². The van der Waals surface area contributed by atoms with Crippen LogP contribution in [0.2, 0.25) is 0 Å². The van der Waals surface area contributed by atoms with Crippen LogP contribution >= 0.6 is 0 Å². The maximum Gasteiger partial charge on any atom is 0.117 e. The quantitative estimate of drug-likeness (QED) is 0.739. The van der Waals surface area contributed by atoms with Gasteiger partial charge in [0.2, 0.25) is 0 Å². The van der Waals surface area contributed by atoms with Crippen LogP contribution in [0.25, 0.3) is 0 Å². The zero-order valence-corrected chi connectivity index (χ0v) is 10.4. The van der Waals surface area contributed by atoms with Gasteiger partial charge in [0.25, 0.3) is 0 Å². The number of hydrogen-bond donors (Lipinski definition) is 0. The van der Waals surface area contributed by atoms with Gasteiger partial charge in [0, 0.05) is 0 Å². The number of nitriles is 1. The predicted octanol–water partition coefficient (Wildman–Crippen LogP) is 3.04. The standard InChI is InChI=1S/C13H20N2O/c1-13(2,11-14)7-5-8-15(3)10-12-6-4-9-16-12/h4,6,9H,5,7-8,10H2,1-3H3. The van der Waals surface area contributed by atoms with E-state index in [0.29, 0.717) is 0 Å². The van der Waals surface area contributed by atoms with Crippen molar-refractivity contribution in [3.05, 3.63) is 24.2 Å². The van der Waals surface area contributed by atoms with Crippen molar-refractivity contribution in [2.75, 3.05) is 13.6 Å². The fourth-order valence-corrected chi connectivity index (χ4v) is 1.59. The molecule has 0 bridgehead atoms. The molecule has 0 fully saturated rings.